The third-order valence-electron chi connectivity index (χ3n) is 2.05. The summed E-state index contributed by atoms with van der Waals surface area (Å²) in [6.07, 6.45) is 0. The van der Waals surface area contributed by atoms with E-state index in [1.807, 2.05) is 19.0 Å². The van der Waals surface area contributed by atoms with Crippen LogP contribution < -0.4 is 16.2 Å². The highest BCUT2D eigenvalue weighted by Gasteiger charge is 2.09. The molecule has 0 amide bonds. The highest BCUT2D eigenvalue weighted by Crippen LogP contribution is 2.24. The van der Waals surface area contributed by atoms with Gasteiger partial charge in [-0.2, -0.15) is 0 Å². The second-order valence-corrected chi connectivity index (χ2v) is 3.26. The number of carbonyl (C=O) groups is 1. The number of hydrogen-bond acceptors (Lipinski definition) is 5. The molecule has 0 saturated carbocycles. The number of hydrazine groups is 1. The number of ether oxygens (including phenoxy) is 1. The third kappa shape index (κ3) is 2.38. The van der Waals surface area contributed by atoms with Crippen molar-refractivity contribution in [2.45, 2.75) is 0 Å². The Hall–Kier alpha value is -1.75. The van der Waals surface area contributed by atoms with Crippen molar-refractivity contribution in [3.63, 3.8) is 0 Å². The number of nitrogens with zero attached hydrogens (tertiary/aromatic N) is 1. The number of nitrogens with two attached hydrogens (primary N) is 1. The van der Waals surface area contributed by atoms with E-state index in [4.69, 9.17) is 5.84 Å². The lowest BCUT2D eigenvalue weighted by molar-refractivity contribution is 0.0601. The fourth-order valence-electron chi connectivity index (χ4n) is 1.29. The predicted molar refractivity (Wildman–Crippen MR) is 59.9 cm³/mol. The van der Waals surface area contributed by atoms with Gasteiger partial charge in [0.2, 0.25) is 0 Å². The molecule has 1 rings (SSSR count). The van der Waals surface area contributed by atoms with Crippen LogP contribution in [0.15, 0.2) is 18.2 Å². The summed E-state index contributed by atoms with van der Waals surface area (Å²) in [5.41, 5.74) is 4.61. The van der Waals surface area contributed by atoms with E-state index in [0.29, 0.717) is 11.3 Å². The number of carbonyl (C=O) groups excluding carboxylic acids is 1. The standard InChI is InChI=1S/C10H15N3O2/c1-13(2)9-5-4-7(10(14)15-3)6-8(9)12-11/h4-6,12H,11H2,1-3H3. The quantitative estimate of drug-likeness (QED) is 0.438. The first-order valence-corrected chi connectivity index (χ1v) is 4.46. The third-order valence-corrected chi connectivity index (χ3v) is 2.05. The second kappa shape index (κ2) is 4.65. The lowest BCUT2D eigenvalue weighted by atomic mass is 10.1. The Morgan fingerprint density at radius 1 is 1.47 bits per heavy atom. The molecular formula is C10H15N3O2. The Labute approximate surface area is 88.8 Å². The van der Waals surface area contributed by atoms with Gasteiger partial charge in [-0.15, -0.1) is 0 Å². The van der Waals surface area contributed by atoms with Crippen molar-refractivity contribution in [3.05, 3.63) is 23.8 Å². The molecule has 0 aliphatic rings. The minimum atomic E-state index is -0.378. The van der Waals surface area contributed by atoms with Crippen molar-refractivity contribution in [1.82, 2.24) is 0 Å². The summed E-state index contributed by atoms with van der Waals surface area (Å²) < 4.78 is 4.61. The summed E-state index contributed by atoms with van der Waals surface area (Å²) in [7, 11) is 5.14. The summed E-state index contributed by atoms with van der Waals surface area (Å²) >= 11 is 0. The van der Waals surface area contributed by atoms with Gasteiger partial charge in [0.05, 0.1) is 24.0 Å². The van der Waals surface area contributed by atoms with Crippen LogP contribution >= 0.6 is 0 Å². The van der Waals surface area contributed by atoms with Crippen LogP contribution in [0.4, 0.5) is 11.4 Å². The van der Waals surface area contributed by atoms with E-state index < -0.39 is 0 Å². The molecule has 0 aliphatic carbocycles. The molecule has 1 aromatic carbocycles. The van der Waals surface area contributed by atoms with Crippen LogP contribution in [0.1, 0.15) is 10.4 Å². The zero-order valence-electron chi connectivity index (χ0n) is 9.07. The minimum absolute atomic E-state index is 0.378. The van der Waals surface area contributed by atoms with E-state index in [2.05, 4.69) is 10.2 Å². The van der Waals surface area contributed by atoms with E-state index in [9.17, 15) is 4.79 Å². The van der Waals surface area contributed by atoms with E-state index in [0.717, 1.165) is 5.69 Å². The van der Waals surface area contributed by atoms with Gasteiger partial charge in [-0.05, 0) is 18.2 Å². The lowest BCUT2D eigenvalue weighted by Crippen LogP contribution is -2.16. The fraction of sp³-hybridized carbons (Fsp3) is 0.300. The van der Waals surface area contributed by atoms with Crippen LogP contribution in [0.2, 0.25) is 0 Å². The van der Waals surface area contributed by atoms with Gasteiger partial charge in [-0.25, -0.2) is 4.79 Å². The second-order valence-electron chi connectivity index (χ2n) is 3.26. The normalized spacial score (nSPS) is 9.60. The van der Waals surface area contributed by atoms with Gasteiger partial charge < -0.3 is 15.1 Å². The Kier molecular flexibility index (Phi) is 3.51. The largest absolute Gasteiger partial charge is 0.465 e. The van der Waals surface area contributed by atoms with E-state index >= 15 is 0 Å². The summed E-state index contributed by atoms with van der Waals surface area (Å²) in [4.78, 5) is 13.2. The topological polar surface area (TPSA) is 67.6 Å². The highest BCUT2D eigenvalue weighted by molar-refractivity contribution is 5.92. The number of hydrogen-bond donors (Lipinski definition) is 2. The summed E-state index contributed by atoms with van der Waals surface area (Å²) in [6, 6.07) is 5.16. The van der Waals surface area contributed by atoms with Gasteiger partial charge in [0.1, 0.15) is 0 Å². The number of anilines is 2. The van der Waals surface area contributed by atoms with Crippen LogP contribution in [0.5, 0.6) is 0 Å². The molecule has 15 heavy (non-hydrogen) atoms. The fourth-order valence-corrected chi connectivity index (χ4v) is 1.29. The average Bonchev–Trinajstić information content (AvgIpc) is 2.26. The molecule has 0 bridgehead atoms. The van der Waals surface area contributed by atoms with Crippen LogP contribution in [0.25, 0.3) is 0 Å². The average molecular weight is 209 g/mol. The molecule has 5 heteroatoms. The van der Waals surface area contributed by atoms with Gasteiger partial charge in [-0.1, -0.05) is 0 Å². The van der Waals surface area contributed by atoms with Crippen molar-refractivity contribution in [2.75, 3.05) is 31.5 Å². The summed E-state index contributed by atoms with van der Waals surface area (Å²) in [5.74, 6) is 4.99. The SMILES string of the molecule is COC(=O)c1ccc(N(C)C)c(NN)c1. The van der Waals surface area contributed by atoms with Gasteiger partial charge in [0.25, 0.3) is 0 Å². The predicted octanol–water partition coefficient (Wildman–Crippen LogP) is 0.825. The Morgan fingerprint density at radius 2 is 2.13 bits per heavy atom. The maximum atomic E-state index is 11.3. The highest BCUT2D eigenvalue weighted by atomic mass is 16.5. The van der Waals surface area contributed by atoms with E-state index in [1.54, 1.807) is 18.2 Å². The molecule has 0 fully saturated rings. The van der Waals surface area contributed by atoms with Crippen molar-refractivity contribution in [2.24, 2.45) is 5.84 Å². The molecule has 0 spiro atoms. The number of benzene rings is 1. The van der Waals surface area contributed by atoms with Crippen LogP contribution in [-0.4, -0.2) is 27.2 Å². The molecule has 0 aliphatic heterocycles. The number of esters is 1. The minimum Gasteiger partial charge on any atom is -0.465 e. The Morgan fingerprint density at radius 3 is 2.60 bits per heavy atom. The van der Waals surface area contributed by atoms with Crippen LogP contribution in [0, 0.1) is 0 Å². The van der Waals surface area contributed by atoms with Crippen molar-refractivity contribution >= 4 is 17.3 Å². The van der Waals surface area contributed by atoms with Crippen LogP contribution in [0.3, 0.4) is 0 Å². The zero-order valence-corrected chi connectivity index (χ0v) is 9.07. The van der Waals surface area contributed by atoms with Crippen molar-refractivity contribution < 1.29 is 9.53 Å². The lowest BCUT2D eigenvalue weighted by Gasteiger charge is -2.17. The molecule has 0 saturated heterocycles. The number of nitrogens with one attached hydrogen (secondary N) is 1. The van der Waals surface area contributed by atoms with Gasteiger partial charge in [-0.3, -0.25) is 5.84 Å². The molecule has 0 aromatic heterocycles. The molecule has 0 radical (unpaired) electrons. The Bertz CT molecular complexity index is 364. The molecule has 0 heterocycles. The number of nitrogen functional groups attached to an aromatic ring is 1. The molecule has 0 unspecified atom stereocenters. The van der Waals surface area contributed by atoms with Crippen LogP contribution in [-0.2, 0) is 4.74 Å². The summed E-state index contributed by atoms with van der Waals surface area (Å²) in [6.45, 7) is 0. The molecule has 1 aromatic rings. The van der Waals surface area contributed by atoms with E-state index in [-0.39, 0.29) is 5.97 Å². The summed E-state index contributed by atoms with van der Waals surface area (Å²) in [5, 5.41) is 0. The van der Waals surface area contributed by atoms with Gasteiger partial charge >= 0.3 is 5.97 Å². The first-order valence-electron chi connectivity index (χ1n) is 4.46. The molecule has 5 nitrogen and oxygen atoms in total. The van der Waals surface area contributed by atoms with Gasteiger partial charge in [0, 0.05) is 14.1 Å². The number of methoxy groups -OCH3 is 1. The molecule has 82 valence electrons. The maximum Gasteiger partial charge on any atom is 0.337 e. The number of rotatable bonds is 3. The van der Waals surface area contributed by atoms with Gasteiger partial charge in [0.15, 0.2) is 0 Å². The zero-order chi connectivity index (χ0) is 11.4. The monoisotopic (exact) mass is 209 g/mol. The molecule has 0 atom stereocenters. The van der Waals surface area contributed by atoms with E-state index in [1.165, 1.54) is 7.11 Å². The van der Waals surface area contributed by atoms with Crippen molar-refractivity contribution in [3.8, 4) is 0 Å². The Balaban J connectivity index is 3.13. The first kappa shape index (κ1) is 11.3. The maximum absolute atomic E-state index is 11.3. The molecular weight excluding hydrogens is 194 g/mol. The van der Waals surface area contributed by atoms with Crippen molar-refractivity contribution in [1.29, 1.82) is 0 Å². The smallest absolute Gasteiger partial charge is 0.337 e. The molecule has 3 N–H and O–H groups in total. The first-order chi connectivity index (χ1) is 7.10.